The monoisotopic (exact) mass is 544 g/mol. The molecule has 4 aromatic carbocycles. The maximum Gasteiger partial charge on any atom is 0.247 e. The lowest BCUT2D eigenvalue weighted by molar-refractivity contribution is -0.141. The van der Waals surface area contributed by atoms with Crippen molar-refractivity contribution in [1.82, 2.24) is 10.2 Å². The van der Waals surface area contributed by atoms with Gasteiger partial charge in [-0.25, -0.2) is 4.39 Å². The molecule has 0 radical (unpaired) electrons. The van der Waals surface area contributed by atoms with Crippen molar-refractivity contribution in [3.8, 4) is 11.5 Å². The summed E-state index contributed by atoms with van der Waals surface area (Å²) in [5.41, 5.74) is 2.95. The van der Waals surface area contributed by atoms with E-state index < -0.39 is 6.04 Å². The van der Waals surface area contributed by atoms with Crippen LogP contribution in [0.25, 0.3) is 0 Å². The third-order valence-electron chi connectivity index (χ3n) is 6.43. The molecule has 1 aliphatic heterocycles. The highest BCUT2D eigenvalue weighted by molar-refractivity contribution is 6.30. The van der Waals surface area contributed by atoms with Crippen LogP contribution in [0.4, 0.5) is 4.39 Å². The number of hydrogen-bond acceptors (Lipinski definition) is 4. The fraction of sp³-hybridized carbons (Fsp3) is 0.161. The lowest BCUT2D eigenvalue weighted by Gasteiger charge is -2.32. The molecule has 198 valence electrons. The van der Waals surface area contributed by atoms with E-state index in [9.17, 15) is 14.0 Å². The molecule has 0 unspecified atom stereocenters. The second-order valence-electron chi connectivity index (χ2n) is 9.17. The Bertz CT molecular complexity index is 1450. The quantitative estimate of drug-likeness (QED) is 0.287. The van der Waals surface area contributed by atoms with E-state index in [1.165, 1.54) is 17.0 Å². The van der Waals surface area contributed by atoms with Crippen molar-refractivity contribution < 1.29 is 23.5 Å². The number of rotatable bonds is 9. The second kappa shape index (κ2) is 12.0. The number of carbonyl (C=O) groups excluding carboxylic acids is 2. The summed E-state index contributed by atoms with van der Waals surface area (Å²) in [6, 6.07) is 26.6. The van der Waals surface area contributed by atoms with Crippen LogP contribution < -0.4 is 14.8 Å². The Hall–Kier alpha value is -4.36. The van der Waals surface area contributed by atoms with Crippen molar-refractivity contribution in [1.29, 1.82) is 0 Å². The molecule has 1 atom stereocenters. The highest BCUT2D eigenvalue weighted by Gasteiger charge is 2.31. The largest absolute Gasteiger partial charge is 0.454 e. The average molecular weight is 545 g/mol. The zero-order valence-electron chi connectivity index (χ0n) is 21.0. The second-order valence-corrected chi connectivity index (χ2v) is 9.61. The van der Waals surface area contributed by atoms with Gasteiger partial charge in [0.25, 0.3) is 0 Å². The first-order chi connectivity index (χ1) is 19.0. The van der Waals surface area contributed by atoms with Gasteiger partial charge in [0.15, 0.2) is 11.5 Å². The summed E-state index contributed by atoms with van der Waals surface area (Å²) in [7, 11) is 0. The van der Waals surface area contributed by atoms with Crippen molar-refractivity contribution in [2.24, 2.45) is 0 Å². The Balaban J connectivity index is 1.44. The van der Waals surface area contributed by atoms with E-state index in [0.29, 0.717) is 27.6 Å². The molecule has 0 aromatic heterocycles. The fourth-order valence-electron chi connectivity index (χ4n) is 4.43. The maximum absolute atomic E-state index is 13.8. The lowest BCUT2D eigenvalue weighted by atomic mass is 10.0. The molecule has 1 N–H and O–H groups in total. The van der Waals surface area contributed by atoms with E-state index in [1.807, 2.05) is 42.5 Å². The predicted molar refractivity (Wildman–Crippen MR) is 146 cm³/mol. The van der Waals surface area contributed by atoms with Gasteiger partial charge in [0.1, 0.15) is 11.9 Å². The first-order valence-electron chi connectivity index (χ1n) is 12.5. The van der Waals surface area contributed by atoms with Crippen LogP contribution in [-0.4, -0.2) is 23.5 Å². The van der Waals surface area contributed by atoms with Crippen LogP contribution in [0.15, 0.2) is 97.1 Å². The highest BCUT2D eigenvalue weighted by Crippen LogP contribution is 2.32. The van der Waals surface area contributed by atoms with Crippen molar-refractivity contribution in [3.05, 3.63) is 130 Å². The van der Waals surface area contributed by atoms with Crippen molar-refractivity contribution in [2.75, 3.05) is 6.79 Å². The van der Waals surface area contributed by atoms with E-state index in [0.717, 1.165) is 11.1 Å². The van der Waals surface area contributed by atoms with E-state index in [-0.39, 0.29) is 43.9 Å². The SMILES string of the molecule is O=C(NCc1ccc2c(c1)OCO2)[C@@H](c1ccccc1)N(Cc1ccc(F)cc1)C(=O)Cc1ccc(Cl)cc1. The molecule has 1 aliphatic rings. The highest BCUT2D eigenvalue weighted by atomic mass is 35.5. The Morgan fingerprint density at radius 1 is 0.846 bits per heavy atom. The van der Waals surface area contributed by atoms with Crippen LogP contribution in [0.1, 0.15) is 28.3 Å². The van der Waals surface area contributed by atoms with Gasteiger partial charge < -0.3 is 19.7 Å². The molecule has 5 rings (SSSR count). The summed E-state index contributed by atoms with van der Waals surface area (Å²) in [4.78, 5) is 29.1. The number of nitrogens with zero attached hydrogens (tertiary/aromatic N) is 1. The summed E-state index contributed by atoms with van der Waals surface area (Å²) >= 11 is 6.03. The van der Waals surface area contributed by atoms with Gasteiger partial charge in [-0.3, -0.25) is 9.59 Å². The minimum absolute atomic E-state index is 0.0666. The Labute approximate surface area is 230 Å². The summed E-state index contributed by atoms with van der Waals surface area (Å²) in [5.74, 6) is 0.306. The van der Waals surface area contributed by atoms with E-state index in [4.69, 9.17) is 21.1 Å². The summed E-state index contributed by atoms with van der Waals surface area (Å²) in [5, 5.41) is 3.55. The number of hydrogen-bond donors (Lipinski definition) is 1. The van der Waals surface area contributed by atoms with Gasteiger partial charge in [-0.2, -0.15) is 0 Å². The smallest absolute Gasteiger partial charge is 0.247 e. The van der Waals surface area contributed by atoms with Gasteiger partial charge in [-0.1, -0.05) is 72.3 Å². The molecule has 8 heteroatoms. The molecule has 4 aromatic rings. The van der Waals surface area contributed by atoms with E-state index in [1.54, 1.807) is 42.5 Å². The molecule has 2 amide bonds. The molecule has 0 saturated carbocycles. The van der Waals surface area contributed by atoms with E-state index in [2.05, 4.69) is 5.32 Å². The first kappa shape index (κ1) is 26.3. The van der Waals surface area contributed by atoms with E-state index >= 15 is 0 Å². The number of benzene rings is 4. The summed E-state index contributed by atoms with van der Waals surface area (Å²) in [6.07, 6.45) is 0.0666. The topological polar surface area (TPSA) is 67.9 Å². The Morgan fingerprint density at radius 3 is 2.26 bits per heavy atom. The van der Waals surface area contributed by atoms with Crippen LogP contribution in [0.5, 0.6) is 11.5 Å². The van der Waals surface area contributed by atoms with Gasteiger partial charge >= 0.3 is 0 Å². The molecule has 0 saturated heterocycles. The number of halogens is 2. The zero-order valence-corrected chi connectivity index (χ0v) is 21.7. The van der Waals surface area contributed by atoms with Crippen molar-refractivity contribution in [3.63, 3.8) is 0 Å². The number of carbonyl (C=O) groups is 2. The minimum Gasteiger partial charge on any atom is -0.454 e. The van der Waals surface area contributed by atoms with Crippen LogP contribution in [-0.2, 0) is 29.1 Å². The summed E-state index contributed by atoms with van der Waals surface area (Å²) in [6.45, 7) is 0.508. The molecule has 0 fully saturated rings. The molecule has 6 nitrogen and oxygen atoms in total. The average Bonchev–Trinajstić information content (AvgIpc) is 3.42. The van der Waals surface area contributed by atoms with Gasteiger partial charge in [0, 0.05) is 18.1 Å². The van der Waals surface area contributed by atoms with Crippen molar-refractivity contribution in [2.45, 2.75) is 25.6 Å². The van der Waals surface area contributed by atoms with Crippen LogP contribution in [0, 0.1) is 5.82 Å². The van der Waals surface area contributed by atoms with Gasteiger partial charge in [-0.15, -0.1) is 0 Å². The molecular weight excluding hydrogens is 519 g/mol. The van der Waals surface area contributed by atoms with Gasteiger partial charge in [0.2, 0.25) is 18.6 Å². The fourth-order valence-corrected chi connectivity index (χ4v) is 4.56. The number of fused-ring (bicyclic) bond motifs is 1. The van der Waals surface area contributed by atoms with Crippen molar-refractivity contribution >= 4 is 23.4 Å². The first-order valence-corrected chi connectivity index (χ1v) is 12.8. The number of nitrogens with one attached hydrogen (secondary N) is 1. The third-order valence-corrected chi connectivity index (χ3v) is 6.69. The minimum atomic E-state index is -0.926. The maximum atomic E-state index is 13.8. The Morgan fingerprint density at radius 2 is 1.51 bits per heavy atom. The molecule has 0 spiro atoms. The molecule has 1 heterocycles. The molecular formula is C31H26ClFN2O4. The van der Waals surface area contributed by atoms with Crippen LogP contribution >= 0.6 is 11.6 Å². The van der Waals surface area contributed by atoms with Gasteiger partial charge in [-0.05, 0) is 58.7 Å². The molecule has 0 bridgehead atoms. The van der Waals surface area contributed by atoms with Crippen LogP contribution in [0.3, 0.4) is 0 Å². The number of ether oxygens (including phenoxy) is 2. The number of amides is 2. The lowest BCUT2D eigenvalue weighted by Crippen LogP contribution is -2.43. The van der Waals surface area contributed by atoms with Crippen LogP contribution in [0.2, 0.25) is 5.02 Å². The zero-order chi connectivity index (χ0) is 27.2. The third kappa shape index (κ3) is 6.56. The van der Waals surface area contributed by atoms with Gasteiger partial charge in [0.05, 0.1) is 6.42 Å². The summed E-state index contributed by atoms with van der Waals surface area (Å²) < 4.78 is 24.4. The predicted octanol–water partition coefficient (Wildman–Crippen LogP) is 5.84. The normalized spacial score (nSPS) is 12.6. The molecule has 0 aliphatic carbocycles. The molecule has 39 heavy (non-hydrogen) atoms. The Kier molecular flexibility index (Phi) is 8.08. The standard InChI is InChI=1S/C31H26ClFN2O4/c32-25-11-6-21(7-12-25)17-29(36)35(19-22-8-13-26(33)14-9-22)30(24-4-2-1-3-5-24)31(37)34-18-23-10-15-27-28(16-23)39-20-38-27/h1-16,30H,17-20H2,(H,34,37)/t30-/m1/s1.